The maximum atomic E-state index is 10.6. The van der Waals surface area contributed by atoms with Crippen molar-refractivity contribution >= 4 is 22.1 Å². The monoisotopic (exact) mass is 349 g/mol. The number of ether oxygens (including phenoxy) is 1. The molecule has 2 fully saturated rings. The first-order valence-electron chi connectivity index (χ1n) is 7.54. The summed E-state index contributed by atoms with van der Waals surface area (Å²) in [6.07, 6.45) is 0. The lowest BCUT2D eigenvalue weighted by Gasteiger charge is -2.46. The Morgan fingerprint density at radius 2 is 1.95 bits per heavy atom. The molecular weight excluding hydrogens is 322 g/mol. The van der Waals surface area contributed by atoms with E-state index < -0.39 is 10.8 Å². The van der Waals surface area contributed by atoms with Gasteiger partial charge < -0.3 is 15.0 Å². The molecule has 3 rings (SSSR count). The van der Waals surface area contributed by atoms with E-state index in [2.05, 4.69) is 17.3 Å². The smallest absolute Gasteiger partial charge is 0.128 e. The highest BCUT2D eigenvalue weighted by atomic mass is 32.3. The van der Waals surface area contributed by atoms with Gasteiger partial charge in [0.25, 0.3) is 0 Å². The van der Waals surface area contributed by atoms with Gasteiger partial charge in [-0.2, -0.15) is 4.31 Å². The van der Waals surface area contributed by atoms with Gasteiger partial charge in [0.2, 0.25) is 0 Å². The first kappa shape index (κ1) is 18.2. The third-order valence-electron chi connectivity index (χ3n) is 3.65. The van der Waals surface area contributed by atoms with Crippen molar-refractivity contribution in [2.24, 2.45) is 0 Å². The number of nitrogens with zero attached hydrogens (tertiary/aromatic N) is 2. The Hall–Kier alpha value is -0.190. The lowest BCUT2D eigenvalue weighted by atomic mass is 10.4. The fourth-order valence-corrected chi connectivity index (χ4v) is 5.48. The molecule has 1 unspecified atom stereocenters. The Kier molecular flexibility index (Phi) is 7.58. The second kappa shape index (κ2) is 9.19. The van der Waals surface area contributed by atoms with E-state index in [0.29, 0.717) is 0 Å². The van der Waals surface area contributed by atoms with Gasteiger partial charge in [-0.1, -0.05) is 10.8 Å². The molecule has 0 aliphatic carbocycles. The minimum atomic E-state index is -2.20. The Labute approximate surface area is 138 Å². The molecule has 0 radical (unpaired) electrons. The predicted molar refractivity (Wildman–Crippen MR) is 92.6 cm³/mol. The minimum absolute atomic E-state index is 0.831. The Bertz CT molecular complexity index is 409. The largest absolute Gasteiger partial charge is 0.379 e. The molecule has 2 aliphatic rings. The number of nitrogens with one attached hydrogen (secondary N) is 1. The Morgan fingerprint density at radius 3 is 2.41 bits per heavy atom. The zero-order chi connectivity index (χ0) is 15.8. The zero-order valence-corrected chi connectivity index (χ0v) is 15.0. The van der Waals surface area contributed by atoms with Crippen LogP contribution in [0.15, 0.2) is 21.7 Å². The van der Waals surface area contributed by atoms with Gasteiger partial charge in [0.15, 0.2) is 0 Å². The van der Waals surface area contributed by atoms with Crippen LogP contribution in [0, 0.1) is 0 Å². The van der Waals surface area contributed by atoms with E-state index in [4.69, 9.17) is 8.92 Å². The summed E-state index contributed by atoms with van der Waals surface area (Å²) in [5, 5.41) is 5.23. The summed E-state index contributed by atoms with van der Waals surface area (Å²) < 4.78 is 24.0. The highest BCUT2D eigenvalue weighted by Gasteiger charge is 2.29. The van der Waals surface area contributed by atoms with Crippen molar-refractivity contribution in [2.75, 3.05) is 66.6 Å². The molecule has 3 heterocycles. The van der Waals surface area contributed by atoms with Crippen LogP contribution in [0.5, 0.6) is 0 Å². The standard InChI is InChI=1S/C9H16N2O2S2.C5H11NO/c1-13-15(12,9-3-2-8-14-9)11-6-4-10-5-7-11;1-6-2-4-7-5-3-6/h2-3,8,10,12H,4-7H2,1H3;2-5H2,1H3. The highest BCUT2D eigenvalue weighted by Crippen LogP contribution is 2.57. The fraction of sp³-hybridized carbons (Fsp3) is 0.714. The molecule has 1 aromatic rings. The average Bonchev–Trinajstić information content (AvgIpc) is 3.11. The van der Waals surface area contributed by atoms with Crippen LogP contribution in [0.4, 0.5) is 0 Å². The van der Waals surface area contributed by atoms with Gasteiger partial charge in [-0.25, -0.2) is 0 Å². The van der Waals surface area contributed by atoms with Crippen molar-refractivity contribution < 1.29 is 13.5 Å². The first-order chi connectivity index (χ1) is 10.7. The lowest BCUT2D eigenvalue weighted by Crippen LogP contribution is -2.44. The van der Waals surface area contributed by atoms with Crippen molar-refractivity contribution in [3.63, 3.8) is 0 Å². The highest BCUT2D eigenvalue weighted by molar-refractivity contribution is 8.24. The Morgan fingerprint density at radius 1 is 1.27 bits per heavy atom. The van der Waals surface area contributed by atoms with Gasteiger partial charge in [-0.3, -0.25) is 8.74 Å². The van der Waals surface area contributed by atoms with Crippen LogP contribution in [0.1, 0.15) is 0 Å². The van der Waals surface area contributed by atoms with Crippen LogP contribution in [0.3, 0.4) is 0 Å². The zero-order valence-electron chi connectivity index (χ0n) is 13.4. The Balaban J connectivity index is 0.000000211. The summed E-state index contributed by atoms with van der Waals surface area (Å²) in [4.78, 5) is 2.27. The number of piperazine rings is 1. The van der Waals surface area contributed by atoms with Gasteiger partial charge in [0, 0.05) is 39.3 Å². The molecule has 6 nitrogen and oxygen atoms in total. The second-order valence-electron chi connectivity index (χ2n) is 5.19. The van der Waals surface area contributed by atoms with E-state index in [1.165, 1.54) is 0 Å². The quantitative estimate of drug-likeness (QED) is 0.866. The first-order valence-corrected chi connectivity index (χ1v) is 9.89. The predicted octanol–water partition coefficient (Wildman–Crippen LogP) is 1.71. The summed E-state index contributed by atoms with van der Waals surface area (Å²) in [5.41, 5.74) is 0. The summed E-state index contributed by atoms with van der Waals surface area (Å²) >= 11 is 1.55. The number of likely N-dealkylation sites (N-methyl/N-ethyl adjacent to an activating group) is 1. The van der Waals surface area contributed by atoms with Crippen LogP contribution in [-0.4, -0.2) is 80.4 Å². The van der Waals surface area contributed by atoms with Crippen molar-refractivity contribution in [1.82, 2.24) is 14.5 Å². The summed E-state index contributed by atoms with van der Waals surface area (Å²) in [6.45, 7) is 7.50. The van der Waals surface area contributed by atoms with Crippen LogP contribution in [0.25, 0.3) is 0 Å². The van der Waals surface area contributed by atoms with Crippen LogP contribution < -0.4 is 5.32 Å². The third kappa shape index (κ3) is 4.90. The van der Waals surface area contributed by atoms with E-state index in [-0.39, 0.29) is 0 Å². The van der Waals surface area contributed by atoms with Gasteiger partial charge in [0.1, 0.15) is 4.21 Å². The molecule has 22 heavy (non-hydrogen) atoms. The molecule has 2 N–H and O–H groups in total. The van der Waals surface area contributed by atoms with Gasteiger partial charge in [-0.15, -0.1) is 11.3 Å². The minimum Gasteiger partial charge on any atom is -0.379 e. The lowest BCUT2D eigenvalue weighted by molar-refractivity contribution is 0.0503. The molecule has 1 aromatic heterocycles. The molecule has 2 saturated heterocycles. The van der Waals surface area contributed by atoms with Crippen molar-refractivity contribution in [2.45, 2.75) is 4.21 Å². The fourth-order valence-electron chi connectivity index (χ4n) is 2.28. The van der Waals surface area contributed by atoms with E-state index in [0.717, 1.165) is 56.7 Å². The molecule has 8 heteroatoms. The molecule has 1 atom stereocenters. The maximum Gasteiger partial charge on any atom is 0.128 e. The maximum absolute atomic E-state index is 10.6. The molecule has 0 amide bonds. The van der Waals surface area contributed by atoms with Gasteiger partial charge in [0.05, 0.1) is 20.3 Å². The topological polar surface area (TPSA) is 57.2 Å². The van der Waals surface area contributed by atoms with E-state index in [1.807, 2.05) is 21.8 Å². The van der Waals surface area contributed by atoms with Crippen LogP contribution in [0.2, 0.25) is 0 Å². The molecular formula is C14H27N3O3S2. The molecule has 0 bridgehead atoms. The van der Waals surface area contributed by atoms with Gasteiger partial charge in [-0.05, 0) is 24.6 Å². The second-order valence-corrected chi connectivity index (χ2v) is 8.68. The summed E-state index contributed by atoms with van der Waals surface area (Å²) in [6, 6.07) is 3.88. The van der Waals surface area contributed by atoms with E-state index >= 15 is 0 Å². The summed E-state index contributed by atoms with van der Waals surface area (Å²) in [5.74, 6) is 0. The van der Waals surface area contributed by atoms with Crippen molar-refractivity contribution in [1.29, 1.82) is 0 Å². The molecule has 0 spiro atoms. The molecule has 0 aromatic carbocycles. The van der Waals surface area contributed by atoms with E-state index in [9.17, 15) is 4.55 Å². The molecule has 128 valence electrons. The van der Waals surface area contributed by atoms with Crippen molar-refractivity contribution in [3.05, 3.63) is 17.5 Å². The molecule has 2 aliphatic heterocycles. The number of hydrogen-bond donors (Lipinski definition) is 2. The van der Waals surface area contributed by atoms with Crippen LogP contribution in [-0.2, 0) is 8.92 Å². The number of thiophene rings is 1. The normalized spacial score (nSPS) is 24.9. The SMILES string of the molecule is CN1CCOCC1.COS(O)(c1cccs1)N1CCNCC1. The van der Waals surface area contributed by atoms with E-state index in [1.54, 1.807) is 18.4 Å². The average molecular weight is 350 g/mol. The van der Waals surface area contributed by atoms with Gasteiger partial charge >= 0.3 is 0 Å². The number of morpholine rings is 1. The summed E-state index contributed by atoms with van der Waals surface area (Å²) in [7, 11) is 1.49. The number of hydrogen-bond acceptors (Lipinski definition) is 7. The molecule has 0 saturated carbocycles. The third-order valence-corrected chi connectivity index (χ3v) is 7.44. The van der Waals surface area contributed by atoms with Crippen LogP contribution >= 0.6 is 22.1 Å². The number of rotatable bonds is 3. The van der Waals surface area contributed by atoms with Crippen molar-refractivity contribution in [3.8, 4) is 0 Å².